The summed E-state index contributed by atoms with van der Waals surface area (Å²) in [4.78, 5) is 13.6. The van der Waals surface area contributed by atoms with Crippen LogP contribution in [0.25, 0.3) is 0 Å². The van der Waals surface area contributed by atoms with Gasteiger partial charge in [0.15, 0.2) is 0 Å². The van der Waals surface area contributed by atoms with Crippen LogP contribution in [-0.4, -0.2) is 30.6 Å². The van der Waals surface area contributed by atoms with E-state index in [9.17, 15) is 9.18 Å². The number of likely N-dealkylation sites (tertiary alicyclic amines) is 1. The van der Waals surface area contributed by atoms with Gasteiger partial charge in [-0.3, -0.25) is 0 Å². The van der Waals surface area contributed by atoms with Gasteiger partial charge in [-0.1, -0.05) is 11.8 Å². The summed E-state index contributed by atoms with van der Waals surface area (Å²) in [6.45, 7) is 1.71. The lowest BCUT2D eigenvalue weighted by molar-refractivity contribution is 0.222. The zero-order valence-corrected chi connectivity index (χ0v) is 10.6. The van der Waals surface area contributed by atoms with Crippen molar-refractivity contribution < 1.29 is 9.18 Å². The third kappa shape index (κ3) is 3.46. The van der Waals surface area contributed by atoms with Crippen LogP contribution in [-0.2, 0) is 0 Å². The maximum absolute atomic E-state index is 13.5. The van der Waals surface area contributed by atoms with Gasteiger partial charge in [-0.2, -0.15) is 0 Å². The first-order valence-corrected chi connectivity index (χ1v) is 6.25. The minimum atomic E-state index is -0.417. The molecule has 100 valence electrons. The number of benzene rings is 1. The number of nitrogens with two attached hydrogens (primary N) is 1. The molecular formula is C14H16FN3O. The fourth-order valence-electron chi connectivity index (χ4n) is 1.97. The summed E-state index contributed by atoms with van der Waals surface area (Å²) >= 11 is 0. The molecule has 1 heterocycles. The molecule has 19 heavy (non-hydrogen) atoms. The van der Waals surface area contributed by atoms with Gasteiger partial charge in [-0.05, 0) is 31.0 Å². The highest BCUT2D eigenvalue weighted by molar-refractivity contribution is 5.89. The Morgan fingerprint density at radius 2 is 2.16 bits per heavy atom. The molecule has 0 radical (unpaired) electrons. The molecule has 5 heteroatoms. The number of rotatable bonds is 1. The monoisotopic (exact) mass is 261 g/mol. The number of nitrogens with one attached hydrogen (secondary N) is 1. The Labute approximate surface area is 111 Å². The molecule has 0 aromatic heterocycles. The van der Waals surface area contributed by atoms with Gasteiger partial charge >= 0.3 is 6.03 Å². The van der Waals surface area contributed by atoms with E-state index in [1.54, 1.807) is 4.90 Å². The molecule has 3 N–H and O–H groups in total. The quantitative estimate of drug-likeness (QED) is 0.757. The Morgan fingerprint density at radius 3 is 2.84 bits per heavy atom. The number of amides is 2. The maximum atomic E-state index is 13.5. The van der Waals surface area contributed by atoms with Crippen molar-refractivity contribution in [2.75, 3.05) is 25.0 Å². The van der Waals surface area contributed by atoms with Crippen molar-refractivity contribution in [2.45, 2.75) is 12.8 Å². The molecule has 0 saturated carbocycles. The summed E-state index contributed by atoms with van der Waals surface area (Å²) in [6.07, 6.45) is 2.06. The number of hydrogen-bond acceptors (Lipinski definition) is 2. The molecule has 1 aromatic carbocycles. The predicted molar refractivity (Wildman–Crippen MR) is 72.2 cm³/mol. The normalized spacial score (nSPS) is 13.9. The van der Waals surface area contributed by atoms with Crippen LogP contribution in [0.2, 0.25) is 0 Å². The van der Waals surface area contributed by atoms with Gasteiger partial charge in [0.05, 0.1) is 12.1 Å². The molecule has 1 saturated heterocycles. The summed E-state index contributed by atoms with van der Waals surface area (Å²) in [6, 6.07) is 4.19. The average Bonchev–Trinajstić information content (AvgIpc) is 2.93. The third-order valence-electron chi connectivity index (χ3n) is 2.94. The van der Waals surface area contributed by atoms with Crippen LogP contribution < -0.4 is 11.1 Å². The molecular weight excluding hydrogens is 245 g/mol. The number of anilines is 1. The van der Waals surface area contributed by atoms with E-state index < -0.39 is 5.82 Å². The Morgan fingerprint density at radius 1 is 1.42 bits per heavy atom. The van der Waals surface area contributed by atoms with Crippen LogP contribution in [0, 0.1) is 17.7 Å². The number of urea groups is 1. The van der Waals surface area contributed by atoms with E-state index in [1.807, 2.05) is 0 Å². The summed E-state index contributed by atoms with van der Waals surface area (Å²) in [7, 11) is 0. The second kappa shape index (κ2) is 6.21. The molecule has 1 aliphatic rings. The lowest BCUT2D eigenvalue weighted by Gasteiger charge is -2.16. The van der Waals surface area contributed by atoms with Crippen molar-refractivity contribution in [1.82, 2.24) is 4.90 Å². The van der Waals surface area contributed by atoms with E-state index in [-0.39, 0.29) is 18.1 Å². The van der Waals surface area contributed by atoms with Crippen molar-refractivity contribution in [2.24, 2.45) is 5.73 Å². The Balaban J connectivity index is 2.10. The molecule has 0 bridgehead atoms. The molecule has 0 atom stereocenters. The second-order valence-electron chi connectivity index (χ2n) is 4.32. The number of carbonyl (C=O) groups is 1. The van der Waals surface area contributed by atoms with Gasteiger partial charge in [-0.25, -0.2) is 9.18 Å². The number of hydrogen-bond donors (Lipinski definition) is 2. The Hall–Kier alpha value is -2.06. The zero-order valence-electron chi connectivity index (χ0n) is 10.6. The molecule has 1 aliphatic heterocycles. The molecule has 2 rings (SSSR count). The van der Waals surface area contributed by atoms with Gasteiger partial charge in [0.1, 0.15) is 5.82 Å². The van der Waals surface area contributed by atoms with Gasteiger partial charge in [0, 0.05) is 18.8 Å². The maximum Gasteiger partial charge on any atom is 0.321 e. The van der Waals surface area contributed by atoms with E-state index in [0.717, 1.165) is 25.9 Å². The highest BCUT2D eigenvalue weighted by Gasteiger charge is 2.17. The van der Waals surface area contributed by atoms with E-state index in [4.69, 9.17) is 5.73 Å². The van der Waals surface area contributed by atoms with E-state index in [0.29, 0.717) is 5.69 Å². The Kier molecular flexibility index (Phi) is 4.37. The number of nitrogens with zero attached hydrogens (tertiary/aromatic N) is 1. The molecule has 1 aromatic rings. The summed E-state index contributed by atoms with van der Waals surface area (Å²) < 4.78 is 13.5. The van der Waals surface area contributed by atoms with Gasteiger partial charge < -0.3 is 16.0 Å². The fourth-order valence-corrected chi connectivity index (χ4v) is 1.97. The van der Waals surface area contributed by atoms with Crippen molar-refractivity contribution in [3.8, 4) is 11.8 Å². The SMILES string of the molecule is NCC#Cc1cc(NC(=O)N2CCCC2)ccc1F. The minimum Gasteiger partial charge on any atom is -0.325 e. The van der Waals surface area contributed by atoms with Gasteiger partial charge in [0.2, 0.25) is 0 Å². The lowest BCUT2D eigenvalue weighted by Crippen LogP contribution is -2.32. The molecule has 2 amide bonds. The Bertz CT molecular complexity index is 527. The van der Waals surface area contributed by atoms with Crippen molar-refractivity contribution in [3.63, 3.8) is 0 Å². The minimum absolute atomic E-state index is 0.151. The van der Waals surface area contributed by atoms with Crippen molar-refractivity contribution >= 4 is 11.7 Å². The summed E-state index contributed by atoms with van der Waals surface area (Å²) in [5.41, 5.74) is 6.04. The highest BCUT2D eigenvalue weighted by Crippen LogP contribution is 2.16. The van der Waals surface area contributed by atoms with Crippen LogP contribution in [0.4, 0.5) is 14.9 Å². The van der Waals surface area contributed by atoms with Gasteiger partial charge in [-0.15, -0.1) is 0 Å². The van der Waals surface area contributed by atoms with E-state index in [1.165, 1.54) is 18.2 Å². The van der Waals surface area contributed by atoms with Crippen LogP contribution in [0.5, 0.6) is 0 Å². The largest absolute Gasteiger partial charge is 0.325 e. The summed E-state index contributed by atoms with van der Waals surface area (Å²) in [5, 5.41) is 2.75. The van der Waals surface area contributed by atoms with Crippen LogP contribution >= 0.6 is 0 Å². The molecule has 0 spiro atoms. The third-order valence-corrected chi connectivity index (χ3v) is 2.94. The molecule has 1 fully saturated rings. The first kappa shape index (κ1) is 13.4. The van der Waals surface area contributed by atoms with Crippen LogP contribution in [0.1, 0.15) is 18.4 Å². The van der Waals surface area contributed by atoms with E-state index >= 15 is 0 Å². The molecule has 4 nitrogen and oxygen atoms in total. The predicted octanol–water partition coefficient (Wildman–Crippen LogP) is 1.76. The highest BCUT2D eigenvalue weighted by atomic mass is 19.1. The molecule has 0 aliphatic carbocycles. The van der Waals surface area contributed by atoms with Crippen molar-refractivity contribution in [1.29, 1.82) is 0 Å². The first-order chi connectivity index (χ1) is 9.20. The number of carbonyl (C=O) groups excluding carboxylic acids is 1. The van der Waals surface area contributed by atoms with E-state index in [2.05, 4.69) is 17.2 Å². The average molecular weight is 261 g/mol. The van der Waals surface area contributed by atoms with Gasteiger partial charge in [0.25, 0.3) is 0 Å². The second-order valence-corrected chi connectivity index (χ2v) is 4.32. The zero-order chi connectivity index (χ0) is 13.7. The smallest absolute Gasteiger partial charge is 0.321 e. The van der Waals surface area contributed by atoms with Crippen LogP contribution in [0.15, 0.2) is 18.2 Å². The molecule has 0 unspecified atom stereocenters. The fraction of sp³-hybridized carbons (Fsp3) is 0.357. The lowest BCUT2D eigenvalue weighted by atomic mass is 10.2. The topological polar surface area (TPSA) is 58.4 Å². The standard InChI is InChI=1S/C14H16FN3O/c15-13-6-5-12(10-11(13)4-3-7-16)17-14(19)18-8-1-2-9-18/h5-6,10H,1-2,7-9,16H2,(H,17,19). The summed E-state index contributed by atoms with van der Waals surface area (Å²) in [5.74, 6) is 4.82. The van der Waals surface area contributed by atoms with Crippen molar-refractivity contribution in [3.05, 3.63) is 29.6 Å². The first-order valence-electron chi connectivity index (χ1n) is 6.25. The number of halogens is 1. The van der Waals surface area contributed by atoms with Crippen LogP contribution in [0.3, 0.4) is 0 Å².